The Morgan fingerprint density at radius 2 is 1.86 bits per heavy atom. The average molecular weight is 356 g/mol. The molecule has 0 spiro atoms. The minimum absolute atomic E-state index is 0.297. The first-order chi connectivity index (χ1) is 9.59. The molecule has 9 heteroatoms. The van der Waals surface area contributed by atoms with Crippen LogP contribution in [0.15, 0.2) is 18.2 Å². The van der Waals surface area contributed by atoms with Gasteiger partial charge in [0.15, 0.2) is 5.79 Å². The van der Waals surface area contributed by atoms with Crippen LogP contribution in [0.3, 0.4) is 0 Å². The fraction of sp³-hybridized carbons (Fsp3) is 0.500. The average Bonchev–Trinajstić information content (AvgIpc) is 2.61. The van der Waals surface area contributed by atoms with E-state index in [0.717, 1.165) is 0 Å². The van der Waals surface area contributed by atoms with Crippen LogP contribution in [-0.4, -0.2) is 26.9 Å². The number of hydrogen-bond acceptors (Lipinski definition) is 5. The molecule has 1 aromatic rings. The molecule has 1 heterocycles. The van der Waals surface area contributed by atoms with Gasteiger partial charge in [0.2, 0.25) is 0 Å². The summed E-state index contributed by atoms with van der Waals surface area (Å²) in [6.07, 6.45) is -1.38. The molecule has 2 N–H and O–H groups in total. The van der Waals surface area contributed by atoms with E-state index in [0.29, 0.717) is 15.6 Å². The van der Waals surface area contributed by atoms with Crippen molar-refractivity contribution in [3.63, 3.8) is 0 Å². The van der Waals surface area contributed by atoms with Crippen LogP contribution in [0.5, 0.6) is 0 Å². The first-order valence-electron chi connectivity index (χ1n) is 6.06. The molecule has 1 saturated heterocycles. The van der Waals surface area contributed by atoms with Gasteiger partial charge in [-0.2, -0.15) is 8.42 Å². The zero-order valence-corrected chi connectivity index (χ0v) is 13.7. The summed E-state index contributed by atoms with van der Waals surface area (Å²) in [5, 5.41) is 5.62. The summed E-state index contributed by atoms with van der Waals surface area (Å²) in [7, 11) is -4.08. The van der Waals surface area contributed by atoms with E-state index >= 15 is 0 Å². The zero-order valence-electron chi connectivity index (χ0n) is 11.4. The zero-order chi connectivity index (χ0) is 15.8. The predicted octanol–water partition coefficient (Wildman–Crippen LogP) is 2.41. The lowest BCUT2D eigenvalue weighted by Gasteiger charge is -2.19. The Morgan fingerprint density at radius 3 is 2.38 bits per heavy atom. The highest BCUT2D eigenvalue weighted by molar-refractivity contribution is 7.84. The van der Waals surface area contributed by atoms with Crippen LogP contribution < -0.4 is 5.14 Å². The van der Waals surface area contributed by atoms with E-state index in [2.05, 4.69) is 4.18 Å². The van der Waals surface area contributed by atoms with Crippen LogP contribution in [0.1, 0.15) is 25.5 Å². The Hall–Kier alpha value is -0.410. The van der Waals surface area contributed by atoms with Crippen molar-refractivity contribution in [3.05, 3.63) is 33.8 Å². The predicted molar refractivity (Wildman–Crippen MR) is 78.3 cm³/mol. The SMILES string of the molecule is CC1(C)O[C@H](c2c(Cl)cccc2Cl)[C@@H](COS(N)(=O)=O)O1. The molecule has 0 bridgehead atoms. The Morgan fingerprint density at radius 1 is 1.29 bits per heavy atom. The standard InChI is InChI=1S/C12H15Cl2NO5S/c1-12(2)19-9(6-18-21(15,16)17)11(20-12)10-7(13)4-3-5-8(10)14/h3-5,9,11H,6H2,1-2H3,(H2,15,16,17)/t9-,11+/m1/s1. The van der Waals surface area contributed by atoms with Crippen molar-refractivity contribution in [2.75, 3.05) is 6.61 Å². The molecule has 2 atom stereocenters. The second kappa shape index (κ2) is 6.00. The molecule has 6 nitrogen and oxygen atoms in total. The van der Waals surface area contributed by atoms with Crippen molar-refractivity contribution in [3.8, 4) is 0 Å². The molecule has 0 aliphatic carbocycles. The molecule has 0 saturated carbocycles. The maximum atomic E-state index is 10.9. The quantitative estimate of drug-likeness (QED) is 0.895. The highest BCUT2D eigenvalue weighted by Gasteiger charge is 2.44. The number of ether oxygens (including phenoxy) is 2. The van der Waals surface area contributed by atoms with Crippen LogP contribution in [0.4, 0.5) is 0 Å². The van der Waals surface area contributed by atoms with E-state index in [1.807, 2.05) is 0 Å². The van der Waals surface area contributed by atoms with Crippen molar-refractivity contribution in [2.24, 2.45) is 5.14 Å². The smallest absolute Gasteiger partial charge is 0.333 e. The molecule has 2 rings (SSSR count). The summed E-state index contributed by atoms with van der Waals surface area (Å²) in [6.45, 7) is 3.10. The van der Waals surface area contributed by atoms with Crippen molar-refractivity contribution in [2.45, 2.75) is 31.8 Å². The molecule has 1 fully saturated rings. The van der Waals surface area contributed by atoms with Crippen molar-refractivity contribution < 1.29 is 22.1 Å². The number of benzene rings is 1. The van der Waals surface area contributed by atoms with Gasteiger partial charge >= 0.3 is 10.3 Å². The van der Waals surface area contributed by atoms with Gasteiger partial charge in [-0.15, -0.1) is 0 Å². The first-order valence-corrected chi connectivity index (χ1v) is 8.28. The molecule has 118 valence electrons. The third-order valence-corrected chi connectivity index (χ3v) is 3.99. The largest absolute Gasteiger partial charge is 0.342 e. The van der Waals surface area contributed by atoms with E-state index in [4.69, 9.17) is 37.8 Å². The summed E-state index contributed by atoms with van der Waals surface area (Å²) < 4.78 is 37.9. The second-order valence-electron chi connectivity index (χ2n) is 5.01. The van der Waals surface area contributed by atoms with Crippen LogP contribution in [0, 0.1) is 0 Å². The maximum absolute atomic E-state index is 10.9. The summed E-state index contributed by atoms with van der Waals surface area (Å²) in [5.41, 5.74) is 0.523. The van der Waals surface area contributed by atoms with Gasteiger partial charge in [-0.25, -0.2) is 5.14 Å². The topological polar surface area (TPSA) is 87.9 Å². The highest BCUT2D eigenvalue weighted by atomic mass is 35.5. The molecule has 1 aromatic carbocycles. The normalized spacial score (nSPS) is 25.2. The molecule has 1 aliphatic rings. The third-order valence-electron chi connectivity index (χ3n) is 2.86. The van der Waals surface area contributed by atoms with Crippen molar-refractivity contribution in [1.82, 2.24) is 0 Å². The summed E-state index contributed by atoms with van der Waals surface area (Å²) in [4.78, 5) is 0. The fourth-order valence-corrected chi connectivity index (χ4v) is 3.08. The number of rotatable bonds is 4. The lowest BCUT2D eigenvalue weighted by molar-refractivity contribution is -0.148. The van der Waals surface area contributed by atoms with Crippen LogP contribution in [0.25, 0.3) is 0 Å². The van der Waals surface area contributed by atoms with Gasteiger partial charge in [0.05, 0.1) is 6.61 Å². The Bertz CT molecular complexity index is 614. The molecule has 0 aromatic heterocycles. The molecule has 1 aliphatic heterocycles. The Kier molecular flexibility index (Phi) is 4.84. The molecule has 0 unspecified atom stereocenters. The number of hydrogen-bond donors (Lipinski definition) is 1. The maximum Gasteiger partial charge on any atom is 0.333 e. The number of nitrogens with two attached hydrogens (primary N) is 1. The van der Waals surface area contributed by atoms with Gasteiger partial charge in [0.1, 0.15) is 12.2 Å². The first kappa shape index (κ1) is 17.0. The van der Waals surface area contributed by atoms with E-state index in [9.17, 15) is 8.42 Å². The summed E-state index contributed by atoms with van der Waals surface area (Å²) in [5.74, 6) is -0.931. The third kappa shape index (κ3) is 4.29. The molecule has 21 heavy (non-hydrogen) atoms. The molecular formula is C12H15Cl2NO5S. The van der Waals surface area contributed by atoms with Crippen molar-refractivity contribution in [1.29, 1.82) is 0 Å². The fourth-order valence-electron chi connectivity index (χ4n) is 2.15. The van der Waals surface area contributed by atoms with E-state index in [-0.39, 0.29) is 6.61 Å². The van der Waals surface area contributed by atoms with Crippen molar-refractivity contribution >= 4 is 33.5 Å². The van der Waals surface area contributed by atoms with Gasteiger partial charge in [-0.05, 0) is 26.0 Å². The number of halogens is 2. The van der Waals surface area contributed by atoms with Gasteiger partial charge in [-0.1, -0.05) is 29.3 Å². The highest BCUT2D eigenvalue weighted by Crippen LogP contribution is 2.43. The minimum atomic E-state index is -4.08. The van der Waals surface area contributed by atoms with Gasteiger partial charge in [0.25, 0.3) is 0 Å². The molecule has 0 radical (unpaired) electrons. The monoisotopic (exact) mass is 355 g/mol. The lowest BCUT2D eigenvalue weighted by Crippen LogP contribution is -2.28. The second-order valence-corrected chi connectivity index (χ2v) is 7.04. The van der Waals surface area contributed by atoms with E-state index in [1.54, 1.807) is 32.0 Å². The van der Waals surface area contributed by atoms with Crippen LogP contribution >= 0.6 is 23.2 Å². The van der Waals surface area contributed by atoms with Gasteiger partial charge < -0.3 is 9.47 Å². The van der Waals surface area contributed by atoms with E-state index < -0.39 is 28.3 Å². The lowest BCUT2D eigenvalue weighted by atomic mass is 10.0. The van der Waals surface area contributed by atoms with Crippen LogP contribution in [0.2, 0.25) is 10.0 Å². The molecular weight excluding hydrogens is 341 g/mol. The van der Waals surface area contributed by atoms with Crippen LogP contribution in [-0.2, 0) is 24.0 Å². The van der Waals surface area contributed by atoms with E-state index in [1.165, 1.54) is 0 Å². The van der Waals surface area contributed by atoms with Gasteiger partial charge in [-0.3, -0.25) is 4.18 Å². The molecule has 0 amide bonds. The summed E-state index contributed by atoms with van der Waals surface area (Å²) >= 11 is 12.3. The Labute approximate surface area is 133 Å². The Balaban J connectivity index is 2.30. The van der Waals surface area contributed by atoms with Gasteiger partial charge in [0, 0.05) is 15.6 Å². The summed E-state index contributed by atoms with van der Waals surface area (Å²) in [6, 6.07) is 5.02. The minimum Gasteiger partial charge on any atom is -0.342 e.